The predicted octanol–water partition coefficient (Wildman–Crippen LogP) is 3.47. The molecule has 0 unspecified atom stereocenters. The number of hydrogen-bond donors (Lipinski definition) is 1. The highest BCUT2D eigenvalue weighted by Crippen LogP contribution is 2.29. The Labute approximate surface area is 162 Å². The van der Waals surface area contributed by atoms with E-state index in [4.69, 9.17) is 13.9 Å². The minimum atomic E-state index is -0.363. The highest BCUT2D eigenvalue weighted by atomic mass is 16.5. The number of furan rings is 1. The van der Waals surface area contributed by atoms with Gasteiger partial charge in [-0.3, -0.25) is 9.59 Å². The van der Waals surface area contributed by atoms with Crippen molar-refractivity contribution in [1.29, 1.82) is 0 Å². The number of amides is 2. The maximum Gasteiger partial charge on any atom is 0.290 e. The van der Waals surface area contributed by atoms with Gasteiger partial charge in [0, 0.05) is 23.7 Å². The summed E-state index contributed by atoms with van der Waals surface area (Å²) in [5.41, 5.74) is 1.93. The summed E-state index contributed by atoms with van der Waals surface area (Å²) in [4.78, 5) is 26.4. The summed E-state index contributed by atoms with van der Waals surface area (Å²) in [6.45, 7) is 1.70. The van der Waals surface area contributed by atoms with Crippen molar-refractivity contribution in [1.82, 2.24) is 4.90 Å². The first kappa shape index (κ1) is 19.3. The summed E-state index contributed by atoms with van der Waals surface area (Å²) in [6.07, 6.45) is 0. The van der Waals surface area contributed by atoms with Crippen LogP contribution in [0, 0.1) is 6.92 Å². The van der Waals surface area contributed by atoms with E-state index in [1.165, 1.54) is 4.90 Å². The molecule has 3 rings (SSSR count). The van der Waals surface area contributed by atoms with E-state index in [9.17, 15) is 9.59 Å². The van der Waals surface area contributed by atoms with E-state index >= 15 is 0 Å². The van der Waals surface area contributed by atoms with Crippen LogP contribution in [0.3, 0.4) is 0 Å². The van der Waals surface area contributed by atoms with Crippen LogP contribution >= 0.6 is 0 Å². The second kappa shape index (κ2) is 8.04. The second-order valence-electron chi connectivity index (χ2n) is 6.36. The lowest BCUT2D eigenvalue weighted by atomic mass is 10.1. The maximum absolute atomic E-state index is 12.8. The molecular formula is C21H22N2O5. The number of fused-ring (bicyclic) bond motifs is 1. The van der Waals surface area contributed by atoms with Gasteiger partial charge in [0.15, 0.2) is 5.76 Å². The van der Waals surface area contributed by atoms with E-state index in [2.05, 4.69) is 5.32 Å². The standard InChI is InChI=1S/C21H22N2O5/c1-13-17-11-16(27-4)9-10-18(17)28-20(13)21(25)23(2)12-19(24)22-14-5-7-15(26-3)8-6-14/h5-11H,12H2,1-4H3,(H,22,24). The Kier molecular flexibility index (Phi) is 5.54. The second-order valence-corrected chi connectivity index (χ2v) is 6.36. The van der Waals surface area contributed by atoms with Gasteiger partial charge in [0.2, 0.25) is 5.91 Å². The van der Waals surface area contributed by atoms with Gasteiger partial charge in [-0.15, -0.1) is 0 Å². The summed E-state index contributed by atoms with van der Waals surface area (Å²) >= 11 is 0. The first-order valence-corrected chi connectivity index (χ1v) is 8.69. The van der Waals surface area contributed by atoms with Crippen molar-refractivity contribution in [3.05, 3.63) is 53.8 Å². The van der Waals surface area contributed by atoms with Crippen LogP contribution in [0.2, 0.25) is 0 Å². The highest BCUT2D eigenvalue weighted by molar-refractivity contribution is 6.01. The van der Waals surface area contributed by atoms with Crippen LogP contribution < -0.4 is 14.8 Å². The van der Waals surface area contributed by atoms with Crippen LogP contribution in [-0.2, 0) is 4.79 Å². The molecule has 0 saturated heterocycles. The lowest BCUT2D eigenvalue weighted by Crippen LogP contribution is -2.35. The largest absolute Gasteiger partial charge is 0.497 e. The lowest BCUT2D eigenvalue weighted by molar-refractivity contribution is -0.116. The third-order valence-corrected chi connectivity index (χ3v) is 4.44. The van der Waals surface area contributed by atoms with Crippen LogP contribution in [0.4, 0.5) is 5.69 Å². The number of aryl methyl sites for hydroxylation is 1. The van der Waals surface area contributed by atoms with Crippen molar-refractivity contribution in [2.45, 2.75) is 6.92 Å². The molecule has 1 aromatic heterocycles. The van der Waals surface area contributed by atoms with Crippen molar-refractivity contribution >= 4 is 28.5 Å². The molecule has 0 atom stereocenters. The molecule has 7 heteroatoms. The Balaban J connectivity index is 1.70. The monoisotopic (exact) mass is 382 g/mol. The summed E-state index contributed by atoms with van der Waals surface area (Å²) < 4.78 is 16.0. The molecule has 0 aliphatic rings. The molecule has 146 valence electrons. The van der Waals surface area contributed by atoms with Crippen LogP contribution in [0.5, 0.6) is 11.5 Å². The third kappa shape index (κ3) is 3.93. The number of rotatable bonds is 6. The van der Waals surface area contributed by atoms with Gasteiger partial charge < -0.3 is 24.1 Å². The van der Waals surface area contributed by atoms with Gasteiger partial charge in [0.25, 0.3) is 5.91 Å². The topological polar surface area (TPSA) is 81.0 Å². The molecule has 0 saturated carbocycles. The smallest absolute Gasteiger partial charge is 0.290 e. The minimum absolute atomic E-state index is 0.106. The molecule has 3 aromatic rings. The minimum Gasteiger partial charge on any atom is -0.497 e. The Bertz CT molecular complexity index is 1010. The number of likely N-dealkylation sites (N-methyl/N-ethyl adjacent to an activating group) is 1. The average Bonchev–Trinajstić information content (AvgIpc) is 3.03. The first-order chi connectivity index (χ1) is 13.4. The number of carbonyl (C=O) groups is 2. The van der Waals surface area contributed by atoms with Gasteiger partial charge >= 0.3 is 0 Å². The van der Waals surface area contributed by atoms with Gasteiger partial charge in [-0.25, -0.2) is 0 Å². The van der Waals surface area contributed by atoms with E-state index in [0.29, 0.717) is 28.3 Å². The van der Waals surface area contributed by atoms with Gasteiger partial charge in [0.1, 0.15) is 17.1 Å². The fourth-order valence-electron chi connectivity index (χ4n) is 2.87. The number of ether oxygens (including phenoxy) is 2. The van der Waals surface area contributed by atoms with E-state index < -0.39 is 0 Å². The number of anilines is 1. The van der Waals surface area contributed by atoms with Crippen molar-refractivity contribution in [3.8, 4) is 11.5 Å². The fraction of sp³-hybridized carbons (Fsp3) is 0.238. The van der Waals surface area contributed by atoms with Crippen molar-refractivity contribution < 1.29 is 23.5 Å². The van der Waals surface area contributed by atoms with E-state index in [-0.39, 0.29) is 24.1 Å². The summed E-state index contributed by atoms with van der Waals surface area (Å²) in [6, 6.07) is 12.3. The first-order valence-electron chi connectivity index (χ1n) is 8.69. The number of benzene rings is 2. The van der Waals surface area contributed by atoms with E-state index in [1.54, 1.807) is 57.7 Å². The molecule has 0 spiro atoms. The molecule has 7 nitrogen and oxygen atoms in total. The van der Waals surface area contributed by atoms with Crippen LogP contribution in [0.1, 0.15) is 16.1 Å². The summed E-state index contributed by atoms with van der Waals surface area (Å²) in [5.74, 6) is 0.918. The maximum atomic E-state index is 12.8. The molecule has 2 amide bonds. The van der Waals surface area contributed by atoms with Gasteiger partial charge in [-0.05, 0) is 49.4 Å². The zero-order valence-electron chi connectivity index (χ0n) is 16.2. The highest BCUT2D eigenvalue weighted by Gasteiger charge is 2.22. The number of carbonyl (C=O) groups excluding carboxylic acids is 2. The average molecular weight is 382 g/mol. The Hall–Kier alpha value is -3.48. The normalized spacial score (nSPS) is 10.6. The number of nitrogens with zero attached hydrogens (tertiary/aromatic N) is 1. The SMILES string of the molecule is COc1ccc(NC(=O)CN(C)C(=O)c2oc3ccc(OC)cc3c2C)cc1. The quantitative estimate of drug-likeness (QED) is 0.706. The molecule has 0 aliphatic heterocycles. The molecule has 0 radical (unpaired) electrons. The summed E-state index contributed by atoms with van der Waals surface area (Å²) in [7, 11) is 4.71. The van der Waals surface area contributed by atoms with Gasteiger partial charge in [-0.2, -0.15) is 0 Å². The van der Waals surface area contributed by atoms with Gasteiger partial charge in [0.05, 0.1) is 20.8 Å². The van der Waals surface area contributed by atoms with Crippen LogP contribution in [0.25, 0.3) is 11.0 Å². The molecule has 1 N–H and O–H groups in total. The van der Waals surface area contributed by atoms with E-state index in [1.807, 2.05) is 13.0 Å². The Morgan fingerprint density at radius 1 is 1.04 bits per heavy atom. The van der Waals surface area contributed by atoms with Crippen molar-refractivity contribution in [3.63, 3.8) is 0 Å². The predicted molar refractivity (Wildman–Crippen MR) is 106 cm³/mol. The fourth-order valence-corrected chi connectivity index (χ4v) is 2.87. The van der Waals surface area contributed by atoms with Crippen molar-refractivity contribution in [2.24, 2.45) is 0 Å². The zero-order chi connectivity index (χ0) is 20.3. The molecule has 2 aromatic carbocycles. The molecule has 0 fully saturated rings. The Morgan fingerprint density at radius 3 is 2.32 bits per heavy atom. The van der Waals surface area contributed by atoms with Crippen LogP contribution in [0.15, 0.2) is 46.9 Å². The number of hydrogen-bond acceptors (Lipinski definition) is 5. The Morgan fingerprint density at radius 2 is 1.68 bits per heavy atom. The number of methoxy groups -OCH3 is 2. The van der Waals surface area contributed by atoms with Crippen LogP contribution in [-0.4, -0.2) is 44.5 Å². The number of nitrogens with one attached hydrogen (secondary N) is 1. The zero-order valence-corrected chi connectivity index (χ0v) is 16.2. The molecule has 0 bridgehead atoms. The molecule has 0 aliphatic carbocycles. The molecule has 1 heterocycles. The lowest BCUT2D eigenvalue weighted by Gasteiger charge is -2.16. The van der Waals surface area contributed by atoms with E-state index in [0.717, 1.165) is 5.39 Å². The third-order valence-electron chi connectivity index (χ3n) is 4.44. The van der Waals surface area contributed by atoms with Crippen molar-refractivity contribution in [2.75, 3.05) is 33.1 Å². The molecular weight excluding hydrogens is 360 g/mol. The van der Waals surface area contributed by atoms with Gasteiger partial charge in [-0.1, -0.05) is 0 Å². The summed E-state index contributed by atoms with van der Waals surface area (Å²) in [5, 5.41) is 3.56. The molecule has 28 heavy (non-hydrogen) atoms.